The zero-order valence-electron chi connectivity index (χ0n) is 10.5. The molecule has 0 amide bonds. The molecule has 0 aliphatic rings. The van der Waals surface area contributed by atoms with Crippen LogP contribution in [0, 0.1) is 0 Å². The predicted octanol–water partition coefficient (Wildman–Crippen LogP) is 2.57. The third kappa shape index (κ3) is 4.11. The molecule has 0 atom stereocenters. The second-order valence-electron chi connectivity index (χ2n) is 3.11. The summed E-state index contributed by atoms with van der Waals surface area (Å²) in [6.07, 6.45) is 3.36. The third-order valence-electron chi connectivity index (χ3n) is 2.02. The zero-order valence-corrected chi connectivity index (χ0v) is 9.91. The van der Waals surface area contributed by atoms with Gasteiger partial charge in [-0.25, -0.2) is 4.79 Å². The summed E-state index contributed by atoms with van der Waals surface area (Å²) >= 11 is 0. The van der Waals surface area contributed by atoms with Crippen LogP contribution >= 0.6 is 0 Å². The SMILES string of the molecule is CCCCc1ccc(C(=O)O)cc1.[H-].[H-].[Mg+2]. The van der Waals surface area contributed by atoms with Crippen LogP contribution in [0.15, 0.2) is 24.3 Å². The van der Waals surface area contributed by atoms with Crippen LogP contribution in [0.25, 0.3) is 0 Å². The Balaban J connectivity index is -0.000000563. The van der Waals surface area contributed by atoms with E-state index in [1.54, 1.807) is 12.1 Å². The molecular formula is C11H16MgO2. The standard InChI is InChI=1S/C11H14O2.Mg.2H/c1-2-3-4-9-5-7-10(8-6-9)11(12)13;;;/h5-8H,2-4H2,1H3,(H,12,13);;;/q;+2;2*-1. The Kier molecular flexibility index (Phi) is 6.58. The van der Waals surface area contributed by atoms with Gasteiger partial charge in [-0.1, -0.05) is 25.5 Å². The van der Waals surface area contributed by atoms with Crippen LogP contribution in [0.3, 0.4) is 0 Å². The van der Waals surface area contributed by atoms with Crippen LogP contribution in [0.2, 0.25) is 0 Å². The molecule has 0 bridgehead atoms. The number of unbranched alkanes of at least 4 members (excludes halogenated alkanes) is 1. The van der Waals surface area contributed by atoms with Crippen LogP contribution in [0.5, 0.6) is 0 Å². The number of hydrogen-bond donors (Lipinski definition) is 1. The number of carboxylic acids is 1. The normalized spacial score (nSPS) is 9.21. The smallest absolute Gasteiger partial charge is 1.00 e. The summed E-state index contributed by atoms with van der Waals surface area (Å²) in [5.74, 6) is -0.859. The molecule has 0 heterocycles. The quantitative estimate of drug-likeness (QED) is 0.766. The van der Waals surface area contributed by atoms with E-state index in [2.05, 4.69) is 6.92 Å². The molecule has 2 nitrogen and oxygen atoms in total. The first-order chi connectivity index (χ1) is 6.24. The Morgan fingerprint density at radius 2 is 1.93 bits per heavy atom. The molecule has 0 saturated carbocycles. The molecule has 1 N–H and O–H groups in total. The van der Waals surface area contributed by atoms with Gasteiger partial charge in [-0.2, -0.15) is 0 Å². The molecule has 74 valence electrons. The van der Waals surface area contributed by atoms with E-state index in [-0.39, 0.29) is 25.9 Å². The van der Waals surface area contributed by atoms with Crippen LogP contribution < -0.4 is 0 Å². The van der Waals surface area contributed by atoms with Crippen molar-refractivity contribution >= 4 is 29.0 Å². The molecule has 0 spiro atoms. The second-order valence-corrected chi connectivity index (χ2v) is 3.11. The molecule has 0 radical (unpaired) electrons. The first-order valence-corrected chi connectivity index (χ1v) is 4.56. The van der Waals surface area contributed by atoms with Crippen molar-refractivity contribution in [2.24, 2.45) is 0 Å². The molecule has 0 unspecified atom stereocenters. The van der Waals surface area contributed by atoms with E-state index in [1.165, 1.54) is 12.0 Å². The van der Waals surface area contributed by atoms with E-state index in [4.69, 9.17) is 5.11 Å². The molecular weight excluding hydrogens is 188 g/mol. The van der Waals surface area contributed by atoms with Gasteiger partial charge in [0.2, 0.25) is 0 Å². The Morgan fingerprint density at radius 1 is 1.36 bits per heavy atom. The van der Waals surface area contributed by atoms with Gasteiger partial charge in [0.15, 0.2) is 0 Å². The predicted molar refractivity (Wildman–Crippen MR) is 60.0 cm³/mol. The van der Waals surface area contributed by atoms with E-state index in [1.807, 2.05) is 12.1 Å². The van der Waals surface area contributed by atoms with Crippen LogP contribution in [-0.4, -0.2) is 34.1 Å². The minimum Gasteiger partial charge on any atom is -1.00 e. The van der Waals surface area contributed by atoms with Gasteiger partial charge < -0.3 is 7.96 Å². The zero-order chi connectivity index (χ0) is 9.68. The van der Waals surface area contributed by atoms with E-state index in [0.717, 1.165) is 12.8 Å². The number of rotatable bonds is 4. The maximum atomic E-state index is 10.5. The van der Waals surface area contributed by atoms with Gasteiger partial charge in [-0.15, -0.1) is 0 Å². The van der Waals surface area contributed by atoms with E-state index < -0.39 is 5.97 Å². The molecule has 0 aromatic heterocycles. The Morgan fingerprint density at radius 3 is 2.36 bits per heavy atom. The summed E-state index contributed by atoms with van der Waals surface area (Å²) in [4.78, 5) is 10.5. The number of aromatic carboxylic acids is 1. The fraction of sp³-hybridized carbons (Fsp3) is 0.364. The molecule has 14 heavy (non-hydrogen) atoms. The average Bonchev–Trinajstić information content (AvgIpc) is 2.15. The van der Waals surface area contributed by atoms with Crippen LogP contribution in [0.4, 0.5) is 0 Å². The van der Waals surface area contributed by atoms with Crippen LogP contribution in [-0.2, 0) is 6.42 Å². The van der Waals surface area contributed by atoms with Gasteiger partial charge in [0.05, 0.1) is 5.56 Å². The maximum absolute atomic E-state index is 10.5. The number of carbonyl (C=O) groups is 1. The first-order valence-electron chi connectivity index (χ1n) is 4.56. The van der Waals surface area contributed by atoms with Gasteiger partial charge in [-0.05, 0) is 30.5 Å². The fourth-order valence-corrected chi connectivity index (χ4v) is 1.19. The summed E-state index contributed by atoms with van der Waals surface area (Å²) in [5.41, 5.74) is 1.58. The minimum atomic E-state index is -0.859. The number of carboxylic acid groups (broad SMARTS) is 1. The van der Waals surface area contributed by atoms with Crippen molar-refractivity contribution in [2.75, 3.05) is 0 Å². The topological polar surface area (TPSA) is 37.3 Å². The summed E-state index contributed by atoms with van der Waals surface area (Å²) in [7, 11) is 0. The summed E-state index contributed by atoms with van der Waals surface area (Å²) in [5, 5.41) is 8.65. The van der Waals surface area contributed by atoms with Crippen molar-refractivity contribution in [1.82, 2.24) is 0 Å². The van der Waals surface area contributed by atoms with E-state index >= 15 is 0 Å². The summed E-state index contributed by atoms with van der Waals surface area (Å²) in [6, 6.07) is 7.10. The Labute approximate surface area is 103 Å². The van der Waals surface area contributed by atoms with Crippen molar-refractivity contribution in [3.8, 4) is 0 Å². The van der Waals surface area contributed by atoms with E-state index in [9.17, 15) is 4.79 Å². The summed E-state index contributed by atoms with van der Waals surface area (Å²) in [6.45, 7) is 2.14. The molecule has 0 aliphatic carbocycles. The Hall–Kier alpha value is -0.544. The van der Waals surface area contributed by atoms with Crippen molar-refractivity contribution in [2.45, 2.75) is 26.2 Å². The molecule has 1 aromatic carbocycles. The number of hydrogen-bond acceptors (Lipinski definition) is 1. The second kappa shape index (κ2) is 6.84. The third-order valence-corrected chi connectivity index (χ3v) is 2.02. The van der Waals surface area contributed by atoms with Gasteiger partial charge in [-0.3, -0.25) is 0 Å². The van der Waals surface area contributed by atoms with Crippen molar-refractivity contribution in [3.05, 3.63) is 35.4 Å². The molecule has 1 rings (SSSR count). The minimum absolute atomic E-state index is 0. The van der Waals surface area contributed by atoms with Gasteiger partial charge in [0.25, 0.3) is 0 Å². The summed E-state index contributed by atoms with van der Waals surface area (Å²) < 4.78 is 0. The maximum Gasteiger partial charge on any atom is 2.00 e. The van der Waals surface area contributed by atoms with E-state index in [0.29, 0.717) is 5.56 Å². The molecule has 0 aliphatic heterocycles. The van der Waals surface area contributed by atoms with Gasteiger partial charge >= 0.3 is 29.0 Å². The monoisotopic (exact) mass is 204 g/mol. The number of aryl methyl sites for hydroxylation is 1. The average molecular weight is 205 g/mol. The Bertz CT molecular complexity index is 289. The van der Waals surface area contributed by atoms with Crippen molar-refractivity contribution in [3.63, 3.8) is 0 Å². The van der Waals surface area contributed by atoms with Crippen LogP contribution in [0.1, 0.15) is 38.5 Å². The van der Waals surface area contributed by atoms with Gasteiger partial charge in [0, 0.05) is 0 Å². The molecule has 0 saturated heterocycles. The largest absolute Gasteiger partial charge is 2.00 e. The van der Waals surface area contributed by atoms with Crippen molar-refractivity contribution in [1.29, 1.82) is 0 Å². The first kappa shape index (κ1) is 13.5. The van der Waals surface area contributed by atoms with Gasteiger partial charge in [0.1, 0.15) is 0 Å². The van der Waals surface area contributed by atoms with Crippen molar-refractivity contribution < 1.29 is 12.8 Å². The number of benzene rings is 1. The molecule has 3 heteroatoms. The molecule has 1 aromatic rings. The molecule has 0 fully saturated rings. The fourth-order valence-electron chi connectivity index (χ4n) is 1.19.